The number of carbonyl (C=O) groups excluding carboxylic acids is 2. The molecule has 0 aliphatic carbocycles. The lowest BCUT2D eigenvalue weighted by Crippen LogP contribution is -2.49. The predicted molar refractivity (Wildman–Crippen MR) is 102 cm³/mol. The van der Waals surface area contributed by atoms with Crippen LogP contribution in [0, 0.1) is 5.82 Å². The summed E-state index contributed by atoms with van der Waals surface area (Å²) in [4.78, 5) is 27.8. The molecule has 0 saturated carbocycles. The number of halogens is 2. The highest BCUT2D eigenvalue weighted by Gasteiger charge is 2.27. The Balaban J connectivity index is 1.45. The zero-order valence-corrected chi connectivity index (χ0v) is 16.0. The Labute approximate surface area is 166 Å². The monoisotopic (exact) mass is 404 g/mol. The lowest BCUT2D eigenvalue weighted by atomic mass is 10.1. The summed E-state index contributed by atoms with van der Waals surface area (Å²) in [6.45, 7) is 3.35. The van der Waals surface area contributed by atoms with Crippen LogP contribution in [-0.2, 0) is 0 Å². The standard InChI is InChI=1S/C20H18ClFN2O4/c1-12(25)13-2-3-17(16(22)9-13)23-4-6-24(7-5-23)20(26)14-8-15(21)19-18(10-14)27-11-28-19/h2-3,8-10H,4-7,11H2,1H3. The van der Waals surface area contributed by atoms with Gasteiger partial charge < -0.3 is 19.3 Å². The number of anilines is 1. The summed E-state index contributed by atoms with van der Waals surface area (Å²) in [5, 5.41) is 0.338. The van der Waals surface area contributed by atoms with Gasteiger partial charge in [0.25, 0.3) is 5.91 Å². The van der Waals surface area contributed by atoms with Crippen molar-refractivity contribution in [2.75, 3.05) is 37.9 Å². The number of ether oxygens (including phenoxy) is 2. The molecule has 28 heavy (non-hydrogen) atoms. The van der Waals surface area contributed by atoms with E-state index in [1.807, 2.05) is 4.90 Å². The van der Waals surface area contributed by atoms with E-state index in [4.69, 9.17) is 21.1 Å². The lowest BCUT2D eigenvalue weighted by Gasteiger charge is -2.36. The zero-order valence-electron chi connectivity index (χ0n) is 15.2. The minimum atomic E-state index is -0.435. The molecule has 0 unspecified atom stereocenters. The van der Waals surface area contributed by atoms with Crippen molar-refractivity contribution in [3.05, 3.63) is 52.3 Å². The van der Waals surface area contributed by atoms with Crippen molar-refractivity contribution >= 4 is 29.0 Å². The quantitative estimate of drug-likeness (QED) is 0.734. The van der Waals surface area contributed by atoms with Gasteiger partial charge in [-0.25, -0.2) is 4.39 Å². The molecular formula is C20H18ClFN2O4. The maximum absolute atomic E-state index is 14.4. The summed E-state index contributed by atoms with van der Waals surface area (Å²) in [6, 6.07) is 7.69. The molecule has 4 rings (SSSR count). The van der Waals surface area contributed by atoms with Crippen LogP contribution < -0.4 is 14.4 Å². The molecule has 2 aliphatic rings. The topological polar surface area (TPSA) is 59.1 Å². The van der Waals surface area contributed by atoms with Gasteiger partial charge in [0.05, 0.1) is 10.7 Å². The van der Waals surface area contributed by atoms with Crippen LogP contribution in [0.1, 0.15) is 27.6 Å². The third-order valence-electron chi connectivity index (χ3n) is 4.94. The van der Waals surface area contributed by atoms with Crippen molar-refractivity contribution in [2.24, 2.45) is 0 Å². The molecule has 146 valence electrons. The normalized spacial score (nSPS) is 15.7. The molecule has 2 aliphatic heterocycles. The Bertz CT molecular complexity index is 957. The van der Waals surface area contributed by atoms with Gasteiger partial charge in [0.1, 0.15) is 5.82 Å². The van der Waals surface area contributed by atoms with Crippen molar-refractivity contribution < 1.29 is 23.5 Å². The Kier molecular flexibility index (Phi) is 4.85. The molecule has 0 aromatic heterocycles. The van der Waals surface area contributed by atoms with Crippen molar-refractivity contribution in [3.8, 4) is 11.5 Å². The van der Waals surface area contributed by atoms with E-state index in [0.29, 0.717) is 59.5 Å². The fourth-order valence-electron chi connectivity index (χ4n) is 3.41. The summed E-state index contributed by atoms with van der Waals surface area (Å²) in [7, 11) is 0. The van der Waals surface area contributed by atoms with Crippen LogP contribution in [0.2, 0.25) is 5.02 Å². The second kappa shape index (κ2) is 7.31. The smallest absolute Gasteiger partial charge is 0.254 e. The Morgan fingerprint density at radius 3 is 2.46 bits per heavy atom. The first-order valence-corrected chi connectivity index (χ1v) is 9.25. The van der Waals surface area contributed by atoms with Gasteiger partial charge in [-0.15, -0.1) is 0 Å². The first kappa shape index (κ1) is 18.6. The highest BCUT2D eigenvalue weighted by molar-refractivity contribution is 6.32. The van der Waals surface area contributed by atoms with Crippen LogP contribution in [0.15, 0.2) is 30.3 Å². The number of fused-ring (bicyclic) bond motifs is 1. The first-order chi connectivity index (χ1) is 13.4. The molecule has 0 radical (unpaired) electrons. The number of piperazine rings is 1. The fourth-order valence-corrected chi connectivity index (χ4v) is 3.67. The molecule has 0 atom stereocenters. The molecule has 0 spiro atoms. The van der Waals surface area contributed by atoms with Crippen molar-refractivity contribution in [2.45, 2.75) is 6.92 Å². The average molecular weight is 405 g/mol. The van der Waals surface area contributed by atoms with Crippen molar-refractivity contribution in [1.29, 1.82) is 0 Å². The second-order valence-corrected chi connectivity index (χ2v) is 7.10. The maximum Gasteiger partial charge on any atom is 0.254 e. The molecule has 2 aromatic carbocycles. The van der Waals surface area contributed by atoms with E-state index < -0.39 is 5.82 Å². The van der Waals surface area contributed by atoms with Crippen LogP contribution >= 0.6 is 11.6 Å². The van der Waals surface area contributed by atoms with E-state index in [2.05, 4.69) is 0 Å². The number of benzene rings is 2. The molecule has 8 heteroatoms. The number of hydrogen-bond acceptors (Lipinski definition) is 5. The molecule has 1 fully saturated rings. The third kappa shape index (κ3) is 3.38. The zero-order chi connectivity index (χ0) is 19.8. The summed E-state index contributed by atoms with van der Waals surface area (Å²) in [5.74, 6) is 0.139. The van der Waals surface area contributed by atoms with Gasteiger partial charge in [-0.3, -0.25) is 9.59 Å². The highest BCUT2D eigenvalue weighted by atomic mass is 35.5. The lowest BCUT2D eigenvalue weighted by molar-refractivity contribution is 0.0746. The van der Waals surface area contributed by atoms with Crippen molar-refractivity contribution in [1.82, 2.24) is 4.90 Å². The van der Waals surface area contributed by atoms with E-state index in [1.54, 1.807) is 29.2 Å². The fraction of sp³-hybridized carbons (Fsp3) is 0.300. The molecule has 0 bridgehead atoms. The van der Waals surface area contributed by atoms with Gasteiger partial charge in [0, 0.05) is 37.3 Å². The third-order valence-corrected chi connectivity index (χ3v) is 5.22. The van der Waals surface area contributed by atoms with Crippen LogP contribution in [0.25, 0.3) is 0 Å². The predicted octanol–water partition coefficient (Wildman–Crippen LogP) is 3.37. The summed E-state index contributed by atoms with van der Waals surface area (Å²) in [6.07, 6.45) is 0. The molecule has 1 saturated heterocycles. The van der Waals surface area contributed by atoms with Gasteiger partial charge in [-0.2, -0.15) is 0 Å². The van der Waals surface area contributed by atoms with E-state index in [-0.39, 0.29) is 18.5 Å². The number of carbonyl (C=O) groups is 2. The molecule has 2 heterocycles. The van der Waals surface area contributed by atoms with Crippen LogP contribution in [-0.4, -0.2) is 49.6 Å². The summed E-state index contributed by atoms with van der Waals surface area (Å²) < 4.78 is 25.0. The molecule has 0 N–H and O–H groups in total. The second-order valence-electron chi connectivity index (χ2n) is 6.69. The number of amides is 1. The minimum absolute atomic E-state index is 0.0827. The minimum Gasteiger partial charge on any atom is -0.454 e. The summed E-state index contributed by atoms with van der Waals surface area (Å²) in [5.41, 5.74) is 1.21. The van der Waals surface area contributed by atoms with E-state index in [9.17, 15) is 14.0 Å². The largest absolute Gasteiger partial charge is 0.454 e. The van der Waals surface area contributed by atoms with E-state index in [1.165, 1.54) is 13.0 Å². The van der Waals surface area contributed by atoms with E-state index >= 15 is 0 Å². The summed E-state index contributed by atoms with van der Waals surface area (Å²) >= 11 is 6.16. The molecular weight excluding hydrogens is 387 g/mol. The first-order valence-electron chi connectivity index (χ1n) is 8.88. The number of rotatable bonds is 3. The highest BCUT2D eigenvalue weighted by Crippen LogP contribution is 2.40. The Morgan fingerprint density at radius 2 is 1.79 bits per heavy atom. The van der Waals surface area contributed by atoms with Gasteiger partial charge in [-0.05, 0) is 37.3 Å². The number of Topliss-reactive ketones (excluding diaryl/α,β-unsaturated/α-hetero) is 1. The molecule has 2 aromatic rings. The van der Waals surface area contributed by atoms with Crippen molar-refractivity contribution in [3.63, 3.8) is 0 Å². The van der Waals surface area contributed by atoms with Gasteiger partial charge >= 0.3 is 0 Å². The number of hydrogen-bond donors (Lipinski definition) is 0. The SMILES string of the molecule is CC(=O)c1ccc(N2CCN(C(=O)c3cc(Cl)c4c(c3)OCO4)CC2)c(F)c1. The number of ketones is 1. The van der Waals surface area contributed by atoms with Gasteiger partial charge in [0.2, 0.25) is 6.79 Å². The van der Waals surface area contributed by atoms with Crippen LogP contribution in [0.4, 0.5) is 10.1 Å². The maximum atomic E-state index is 14.4. The number of nitrogens with zero attached hydrogens (tertiary/aromatic N) is 2. The molecule has 6 nitrogen and oxygen atoms in total. The van der Waals surface area contributed by atoms with Crippen LogP contribution in [0.3, 0.4) is 0 Å². The average Bonchev–Trinajstić information content (AvgIpc) is 3.17. The van der Waals surface area contributed by atoms with Gasteiger partial charge in [0.15, 0.2) is 17.3 Å². The Hall–Kier alpha value is -2.80. The van der Waals surface area contributed by atoms with E-state index in [0.717, 1.165) is 0 Å². The Morgan fingerprint density at radius 1 is 1.04 bits per heavy atom. The van der Waals surface area contributed by atoms with Crippen LogP contribution in [0.5, 0.6) is 11.5 Å². The molecule has 1 amide bonds. The van der Waals surface area contributed by atoms with Gasteiger partial charge in [-0.1, -0.05) is 11.6 Å².